The van der Waals surface area contributed by atoms with Gasteiger partial charge in [0.2, 0.25) is 0 Å². The van der Waals surface area contributed by atoms with Crippen molar-refractivity contribution in [2.75, 3.05) is 13.1 Å². The molecule has 1 amide bonds. The SMILES string of the molecule is CCN(C(=O)c1ccc(F)cc1F)C1CCCCC1CN. The molecule has 2 rings (SSSR count). The Labute approximate surface area is 124 Å². The summed E-state index contributed by atoms with van der Waals surface area (Å²) in [4.78, 5) is 14.3. The number of carbonyl (C=O) groups excluding carboxylic acids is 1. The summed E-state index contributed by atoms with van der Waals surface area (Å²) in [5.74, 6) is -1.60. The van der Waals surface area contributed by atoms with Crippen LogP contribution in [-0.2, 0) is 0 Å². The second kappa shape index (κ2) is 6.98. The van der Waals surface area contributed by atoms with Crippen molar-refractivity contribution >= 4 is 5.91 Å². The predicted molar refractivity (Wildman–Crippen MR) is 77.9 cm³/mol. The first-order valence-corrected chi connectivity index (χ1v) is 7.54. The van der Waals surface area contributed by atoms with Gasteiger partial charge >= 0.3 is 0 Å². The maximum absolute atomic E-state index is 13.8. The molecular formula is C16H22F2N2O. The second-order valence-electron chi connectivity index (χ2n) is 5.56. The molecule has 2 N–H and O–H groups in total. The lowest BCUT2D eigenvalue weighted by Gasteiger charge is -2.39. The van der Waals surface area contributed by atoms with Crippen LogP contribution in [0.15, 0.2) is 18.2 Å². The Bertz CT molecular complexity index is 507. The molecule has 2 unspecified atom stereocenters. The van der Waals surface area contributed by atoms with Crippen LogP contribution in [0.4, 0.5) is 8.78 Å². The molecule has 0 aromatic heterocycles. The van der Waals surface area contributed by atoms with Gasteiger partial charge in [-0.1, -0.05) is 12.8 Å². The van der Waals surface area contributed by atoms with Crippen LogP contribution in [0.2, 0.25) is 0 Å². The summed E-state index contributed by atoms with van der Waals surface area (Å²) in [5, 5.41) is 0. The van der Waals surface area contributed by atoms with E-state index in [4.69, 9.17) is 5.73 Å². The van der Waals surface area contributed by atoms with E-state index in [1.807, 2.05) is 6.92 Å². The van der Waals surface area contributed by atoms with Crippen molar-refractivity contribution in [2.24, 2.45) is 11.7 Å². The molecule has 5 heteroatoms. The third kappa shape index (κ3) is 3.40. The van der Waals surface area contributed by atoms with Gasteiger partial charge in [0, 0.05) is 18.7 Å². The molecule has 1 aliphatic carbocycles. The lowest BCUT2D eigenvalue weighted by atomic mass is 9.83. The normalized spacial score (nSPS) is 22.1. The molecule has 1 saturated carbocycles. The smallest absolute Gasteiger partial charge is 0.257 e. The van der Waals surface area contributed by atoms with Crippen LogP contribution >= 0.6 is 0 Å². The highest BCUT2D eigenvalue weighted by Gasteiger charge is 2.32. The number of halogens is 2. The number of nitrogens with two attached hydrogens (primary N) is 1. The van der Waals surface area contributed by atoms with Crippen molar-refractivity contribution in [3.05, 3.63) is 35.4 Å². The van der Waals surface area contributed by atoms with Crippen LogP contribution in [0.3, 0.4) is 0 Å². The molecule has 1 aromatic carbocycles. The van der Waals surface area contributed by atoms with E-state index in [0.717, 1.165) is 37.8 Å². The second-order valence-corrected chi connectivity index (χ2v) is 5.56. The first kappa shape index (κ1) is 15.9. The van der Waals surface area contributed by atoms with Crippen molar-refractivity contribution in [2.45, 2.75) is 38.6 Å². The van der Waals surface area contributed by atoms with Crippen molar-refractivity contribution < 1.29 is 13.6 Å². The Morgan fingerprint density at radius 3 is 2.67 bits per heavy atom. The van der Waals surface area contributed by atoms with E-state index >= 15 is 0 Å². The lowest BCUT2D eigenvalue weighted by Crippen LogP contribution is -2.48. The number of hydrogen-bond acceptors (Lipinski definition) is 2. The van der Waals surface area contributed by atoms with E-state index in [0.29, 0.717) is 13.1 Å². The molecule has 1 aliphatic rings. The molecule has 0 aliphatic heterocycles. The lowest BCUT2D eigenvalue weighted by molar-refractivity contribution is 0.0555. The van der Waals surface area contributed by atoms with Crippen LogP contribution in [0.25, 0.3) is 0 Å². The Kier molecular flexibility index (Phi) is 5.28. The number of benzene rings is 1. The van der Waals surface area contributed by atoms with Gasteiger partial charge in [-0.2, -0.15) is 0 Å². The van der Waals surface area contributed by atoms with Crippen molar-refractivity contribution in [3.63, 3.8) is 0 Å². The molecule has 1 aromatic rings. The first-order chi connectivity index (χ1) is 10.1. The highest BCUT2D eigenvalue weighted by molar-refractivity contribution is 5.94. The van der Waals surface area contributed by atoms with E-state index in [9.17, 15) is 13.6 Å². The summed E-state index contributed by atoms with van der Waals surface area (Å²) in [6.45, 7) is 2.90. The number of amides is 1. The maximum Gasteiger partial charge on any atom is 0.257 e. The van der Waals surface area contributed by atoms with Crippen LogP contribution in [0.1, 0.15) is 43.0 Å². The summed E-state index contributed by atoms with van der Waals surface area (Å²) in [7, 11) is 0. The van der Waals surface area contributed by atoms with Gasteiger partial charge in [0.15, 0.2) is 0 Å². The summed E-state index contributed by atoms with van der Waals surface area (Å²) >= 11 is 0. The standard InChI is InChI=1S/C16H22F2N2O/c1-2-20(15-6-4-3-5-11(15)10-19)16(21)13-8-7-12(17)9-14(13)18/h7-9,11,15H,2-6,10,19H2,1H3. The van der Waals surface area contributed by atoms with Gasteiger partial charge in [0.1, 0.15) is 11.6 Å². The van der Waals surface area contributed by atoms with E-state index in [1.165, 1.54) is 6.07 Å². The van der Waals surface area contributed by atoms with Gasteiger partial charge in [0.05, 0.1) is 5.56 Å². The molecule has 0 radical (unpaired) electrons. The number of nitrogens with zero attached hydrogens (tertiary/aromatic N) is 1. The quantitative estimate of drug-likeness (QED) is 0.928. The average Bonchev–Trinajstić information content (AvgIpc) is 2.48. The largest absolute Gasteiger partial charge is 0.336 e. The maximum atomic E-state index is 13.8. The van der Waals surface area contributed by atoms with Crippen molar-refractivity contribution in [3.8, 4) is 0 Å². The molecule has 3 nitrogen and oxygen atoms in total. The van der Waals surface area contributed by atoms with Gasteiger partial charge in [-0.25, -0.2) is 8.78 Å². The van der Waals surface area contributed by atoms with Crippen molar-refractivity contribution in [1.82, 2.24) is 4.90 Å². The van der Waals surface area contributed by atoms with Crippen LogP contribution in [-0.4, -0.2) is 29.9 Å². The molecular weight excluding hydrogens is 274 g/mol. The first-order valence-electron chi connectivity index (χ1n) is 7.54. The predicted octanol–water partition coefficient (Wildman–Crippen LogP) is 2.94. The molecule has 0 spiro atoms. The molecule has 0 bridgehead atoms. The Hall–Kier alpha value is -1.49. The Balaban J connectivity index is 2.25. The van der Waals surface area contributed by atoms with Gasteiger partial charge in [-0.05, 0) is 44.4 Å². The average molecular weight is 296 g/mol. The zero-order chi connectivity index (χ0) is 15.4. The molecule has 0 heterocycles. The van der Waals surface area contributed by atoms with Gasteiger partial charge in [0.25, 0.3) is 5.91 Å². The summed E-state index contributed by atoms with van der Waals surface area (Å²) < 4.78 is 26.8. The highest BCUT2D eigenvalue weighted by atomic mass is 19.1. The molecule has 0 saturated heterocycles. The van der Waals surface area contributed by atoms with Gasteiger partial charge in [-0.3, -0.25) is 4.79 Å². The van der Waals surface area contributed by atoms with Gasteiger partial charge < -0.3 is 10.6 Å². The Morgan fingerprint density at radius 2 is 2.05 bits per heavy atom. The Morgan fingerprint density at radius 1 is 1.33 bits per heavy atom. The fourth-order valence-electron chi connectivity index (χ4n) is 3.22. The monoisotopic (exact) mass is 296 g/mol. The zero-order valence-electron chi connectivity index (χ0n) is 12.3. The number of hydrogen-bond donors (Lipinski definition) is 1. The number of carbonyl (C=O) groups is 1. The van der Waals surface area contributed by atoms with E-state index in [-0.39, 0.29) is 23.4 Å². The fraction of sp³-hybridized carbons (Fsp3) is 0.562. The van der Waals surface area contributed by atoms with E-state index in [1.54, 1.807) is 4.90 Å². The topological polar surface area (TPSA) is 46.3 Å². The minimum Gasteiger partial charge on any atom is -0.336 e. The fourth-order valence-corrected chi connectivity index (χ4v) is 3.22. The third-order valence-electron chi connectivity index (χ3n) is 4.34. The van der Waals surface area contributed by atoms with Crippen LogP contribution < -0.4 is 5.73 Å². The van der Waals surface area contributed by atoms with Crippen LogP contribution in [0.5, 0.6) is 0 Å². The summed E-state index contributed by atoms with van der Waals surface area (Å²) in [6, 6.07) is 3.13. The van der Waals surface area contributed by atoms with Crippen molar-refractivity contribution in [1.29, 1.82) is 0 Å². The molecule has 1 fully saturated rings. The number of rotatable bonds is 4. The summed E-state index contributed by atoms with van der Waals surface area (Å²) in [6.07, 6.45) is 4.06. The van der Waals surface area contributed by atoms with Crippen LogP contribution in [0, 0.1) is 17.6 Å². The summed E-state index contributed by atoms with van der Waals surface area (Å²) in [5.41, 5.74) is 5.74. The molecule has 116 valence electrons. The minimum absolute atomic E-state index is 0.0469. The highest BCUT2D eigenvalue weighted by Crippen LogP contribution is 2.29. The van der Waals surface area contributed by atoms with E-state index in [2.05, 4.69) is 0 Å². The molecule has 2 atom stereocenters. The van der Waals surface area contributed by atoms with Gasteiger partial charge in [-0.15, -0.1) is 0 Å². The molecule has 21 heavy (non-hydrogen) atoms. The third-order valence-corrected chi connectivity index (χ3v) is 4.34. The van der Waals surface area contributed by atoms with E-state index < -0.39 is 11.6 Å². The zero-order valence-corrected chi connectivity index (χ0v) is 12.3. The minimum atomic E-state index is -0.807.